The highest BCUT2D eigenvalue weighted by Crippen LogP contribution is 2.16. The Hall–Kier alpha value is -1.53. The van der Waals surface area contributed by atoms with Crippen molar-refractivity contribution in [1.82, 2.24) is 5.32 Å². The quantitative estimate of drug-likeness (QED) is 0.607. The number of nitrogens with one attached hydrogen (secondary N) is 1. The zero-order chi connectivity index (χ0) is 12.0. The number of hydrogen-bond donors (Lipinski definition) is 1. The molecule has 0 radical (unpaired) electrons. The van der Waals surface area contributed by atoms with E-state index in [4.69, 9.17) is 11.2 Å². The molecule has 1 aromatic rings. The minimum atomic E-state index is -0.249. The van der Waals surface area contributed by atoms with E-state index in [1.807, 2.05) is 6.92 Å². The highest BCUT2D eigenvalue weighted by atomic mass is 19.1. The molecule has 1 atom stereocenters. The van der Waals surface area contributed by atoms with Crippen LogP contribution in [-0.2, 0) is 0 Å². The monoisotopic (exact) mass is 221 g/mol. The summed E-state index contributed by atoms with van der Waals surface area (Å²) in [5, 5.41) is 3.03. The van der Waals surface area contributed by atoms with Crippen LogP contribution < -0.4 is 10.1 Å². The Morgan fingerprint density at radius 3 is 2.94 bits per heavy atom. The van der Waals surface area contributed by atoms with Crippen molar-refractivity contribution in [2.75, 3.05) is 13.1 Å². The topological polar surface area (TPSA) is 21.3 Å². The van der Waals surface area contributed by atoms with Crippen LogP contribution in [0, 0.1) is 25.1 Å². The molecule has 1 aromatic carbocycles. The van der Waals surface area contributed by atoms with Gasteiger partial charge in [-0.25, -0.2) is 4.39 Å². The molecule has 0 aliphatic heterocycles. The molecular weight excluding hydrogens is 205 g/mol. The van der Waals surface area contributed by atoms with Gasteiger partial charge in [0.2, 0.25) is 0 Å². The first kappa shape index (κ1) is 12.5. The van der Waals surface area contributed by atoms with E-state index in [1.165, 1.54) is 6.07 Å². The van der Waals surface area contributed by atoms with Gasteiger partial charge < -0.3 is 10.1 Å². The molecule has 0 heterocycles. The highest BCUT2D eigenvalue weighted by Gasteiger charge is 2.05. The van der Waals surface area contributed by atoms with Crippen molar-refractivity contribution >= 4 is 0 Å². The highest BCUT2D eigenvalue weighted by molar-refractivity contribution is 5.28. The van der Waals surface area contributed by atoms with Gasteiger partial charge in [-0.2, -0.15) is 0 Å². The molecule has 2 nitrogen and oxygen atoms in total. The van der Waals surface area contributed by atoms with Crippen LogP contribution in [0.4, 0.5) is 4.39 Å². The molecule has 0 bridgehead atoms. The fraction of sp³-hybridized carbons (Fsp3) is 0.385. The molecule has 0 spiro atoms. The van der Waals surface area contributed by atoms with Crippen molar-refractivity contribution in [3.63, 3.8) is 0 Å². The number of hydrogen-bond acceptors (Lipinski definition) is 2. The number of benzene rings is 1. The molecule has 1 N–H and O–H groups in total. The molecule has 16 heavy (non-hydrogen) atoms. The standard InChI is InChI=1S/C13H16FNO/c1-4-7-15-9-11(3)16-12-6-5-10(2)13(14)8-12/h1,5-6,8,11,15H,7,9H2,2-3H3. The summed E-state index contributed by atoms with van der Waals surface area (Å²) in [5.74, 6) is 2.77. The van der Waals surface area contributed by atoms with E-state index in [1.54, 1.807) is 19.1 Å². The lowest BCUT2D eigenvalue weighted by Crippen LogP contribution is -2.29. The first-order valence-electron chi connectivity index (χ1n) is 5.20. The molecule has 0 aliphatic carbocycles. The molecule has 86 valence electrons. The van der Waals surface area contributed by atoms with Gasteiger partial charge in [-0.05, 0) is 25.5 Å². The van der Waals surface area contributed by atoms with Gasteiger partial charge >= 0.3 is 0 Å². The van der Waals surface area contributed by atoms with Crippen LogP contribution in [0.5, 0.6) is 5.75 Å². The molecule has 0 aromatic heterocycles. The summed E-state index contributed by atoms with van der Waals surface area (Å²) in [5.41, 5.74) is 0.616. The van der Waals surface area contributed by atoms with E-state index in [9.17, 15) is 4.39 Å². The number of ether oxygens (including phenoxy) is 1. The second-order valence-electron chi connectivity index (χ2n) is 3.67. The van der Waals surface area contributed by atoms with Gasteiger partial charge in [0.05, 0.1) is 6.54 Å². The molecule has 0 aliphatic rings. The Balaban J connectivity index is 2.47. The van der Waals surface area contributed by atoms with Crippen LogP contribution in [0.25, 0.3) is 0 Å². The van der Waals surface area contributed by atoms with Crippen LogP contribution in [0.15, 0.2) is 18.2 Å². The second-order valence-corrected chi connectivity index (χ2v) is 3.67. The first-order chi connectivity index (χ1) is 7.63. The minimum Gasteiger partial charge on any atom is -0.489 e. The van der Waals surface area contributed by atoms with Crippen molar-refractivity contribution in [2.24, 2.45) is 0 Å². The average Bonchev–Trinajstić information content (AvgIpc) is 2.24. The normalized spacial score (nSPS) is 11.9. The Kier molecular flexibility index (Phi) is 4.81. The van der Waals surface area contributed by atoms with Crippen molar-refractivity contribution in [3.05, 3.63) is 29.6 Å². The lowest BCUT2D eigenvalue weighted by atomic mass is 10.2. The lowest BCUT2D eigenvalue weighted by molar-refractivity contribution is 0.218. The van der Waals surface area contributed by atoms with Gasteiger partial charge in [0.15, 0.2) is 0 Å². The van der Waals surface area contributed by atoms with Crippen molar-refractivity contribution in [3.8, 4) is 18.1 Å². The molecule has 1 unspecified atom stereocenters. The van der Waals surface area contributed by atoms with Gasteiger partial charge in [-0.15, -0.1) is 6.42 Å². The van der Waals surface area contributed by atoms with Gasteiger partial charge in [-0.1, -0.05) is 12.0 Å². The minimum absolute atomic E-state index is 0.0459. The maximum Gasteiger partial charge on any atom is 0.129 e. The summed E-state index contributed by atoms with van der Waals surface area (Å²) in [7, 11) is 0. The van der Waals surface area contributed by atoms with Crippen LogP contribution in [0.3, 0.4) is 0 Å². The van der Waals surface area contributed by atoms with Gasteiger partial charge in [-0.3, -0.25) is 0 Å². The second kappa shape index (κ2) is 6.14. The first-order valence-corrected chi connectivity index (χ1v) is 5.20. The molecule has 0 saturated heterocycles. The van der Waals surface area contributed by atoms with E-state index in [2.05, 4.69) is 11.2 Å². The van der Waals surface area contributed by atoms with Crippen LogP contribution in [-0.4, -0.2) is 19.2 Å². The van der Waals surface area contributed by atoms with E-state index < -0.39 is 0 Å². The summed E-state index contributed by atoms with van der Waals surface area (Å²) in [6, 6.07) is 4.86. The fourth-order valence-electron chi connectivity index (χ4n) is 1.27. The zero-order valence-electron chi connectivity index (χ0n) is 9.59. The zero-order valence-corrected chi connectivity index (χ0v) is 9.59. The van der Waals surface area contributed by atoms with E-state index in [0.29, 0.717) is 24.4 Å². The molecular formula is C13H16FNO. The molecule has 1 rings (SSSR count). The number of halogens is 1. The van der Waals surface area contributed by atoms with Crippen molar-refractivity contribution in [2.45, 2.75) is 20.0 Å². The Morgan fingerprint density at radius 1 is 1.56 bits per heavy atom. The van der Waals surface area contributed by atoms with Gasteiger partial charge in [0, 0.05) is 12.6 Å². The Labute approximate surface area is 95.8 Å². The predicted octanol–water partition coefficient (Wildman–Crippen LogP) is 2.12. The third kappa shape index (κ3) is 3.92. The Bertz CT molecular complexity index is 384. The number of rotatable bonds is 5. The van der Waals surface area contributed by atoms with Crippen LogP contribution >= 0.6 is 0 Å². The average molecular weight is 221 g/mol. The molecule has 0 fully saturated rings. The summed E-state index contributed by atoms with van der Waals surface area (Å²) >= 11 is 0. The lowest BCUT2D eigenvalue weighted by Gasteiger charge is -2.15. The van der Waals surface area contributed by atoms with E-state index >= 15 is 0 Å². The fourth-order valence-corrected chi connectivity index (χ4v) is 1.27. The molecule has 0 saturated carbocycles. The van der Waals surface area contributed by atoms with E-state index in [-0.39, 0.29) is 11.9 Å². The van der Waals surface area contributed by atoms with Crippen LogP contribution in [0.1, 0.15) is 12.5 Å². The van der Waals surface area contributed by atoms with Gasteiger partial charge in [0.1, 0.15) is 17.7 Å². The SMILES string of the molecule is C#CCNCC(C)Oc1ccc(C)c(F)c1. The third-order valence-corrected chi connectivity index (χ3v) is 2.14. The third-order valence-electron chi connectivity index (χ3n) is 2.14. The van der Waals surface area contributed by atoms with E-state index in [0.717, 1.165) is 0 Å². The Morgan fingerprint density at radius 2 is 2.31 bits per heavy atom. The molecule has 0 amide bonds. The largest absolute Gasteiger partial charge is 0.489 e. The summed E-state index contributed by atoms with van der Waals surface area (Å²) in [4.78, 5) is 0. The van der Waals surface area contributed by atoms with Crippen molar-refractivity contribution < 1.29 is 9.13 Å². The summed E-state index contributed by atoms with van der Waals surface area (Å²) < 4.78 is 18.7. The number of aryl methyl sites for hydroxylation is 1. The maximum atomic E-state index is 13.2. The van der Waals surface area contributed by atoms with Gasteiger partial charge in [0.25, 0.3) is 0 Å². The summed E-state index contributed by atoms with van der Waals surface area (Å²) in [6.45, 7) is 4.77. The van der Waals surface area contributed by atoms with Crippen LogP contribution in [0.2, 0.25) is 0 Å². The predicted molar refractivity (Wildman–Crippen MR) is 62.9 cm³/mol. The smallest absolute Gasteiger partial charge is 0.129 e. The maximum absolute atomic E-state index is 13.2. The van der Waals surface area contributed by atoms with Crippen molar-refractivity contribution in [1.29, 1.82) is 0 Å². The summed E-state index contributed by atoms with van der Waals surface area (Å²) in [6.07, 6.45) is 5.06. The number of terminal acetylenes is 1. The molecule has 3 heteroatoms.